The van der Waals surface area contributed by atoms with Gasteiger partial charge in [-0.15, -0.1) is 0 Å². The van der Waals surface area contributed by atoms with Crippen molar-refractivity contribution in [3.63, 3.8) is 0 Å². The highest BCUT2D eigenvalue weighted by molar-refractivity contribution is 5.69. The molecule has 0 aromatic rings. The van der Waals surface area contributed by atoms with Crippen LogP contribution in [-0.2, 0) is 14.4 Å². The van der Waals surface area contributed by atoms with Crippen LogP contribution >= 0.6 is 0 Å². The Morgan fingerprint density at radius 1 is 0.938 bits per heavy atom. The zero-order chi connectivity index (χ0) is 23.9. The van der Waals surface area contributed by atoms with Crippen LogP contribution in [0.3, 0.4) is 0 Å². The van der Waals surface area contributed by atoms with Gasteiger partial charge in [0, 0.05) is 6.42 Å². The lowest BCUT2D eigenvalue weighted by molar-refractivity contribution is -0.267. The fraction of sp³-hybridized carbons (Fsp3) is 0.560. The molecule has 4 N–H and O–H groups in total. The number of hydrogen-bond acceptors (Lipinski definition) is 7. The van der Waals surface area contributed by atoms with Crippen molar-refractivity contribution < 1.29 is 35.0 Å². The minimum Gasteiger partial charge on any atom is -0.463 e. The fourth-order valence-electron chi connectivity index (χ4n) is 2.54. The first-order chi connectivity index (χ1) is 15.5. The molecule has 0 aliphatic rings. The molecule has 7 heteroatoms. The second-order valence-corrected chi connectivity index (χ2v) is 7.31. The number of esters is 1. The molecule has 0 spiro atoms. The number of aliphatic hydroxyl groups is 3. The highest BCUT2D eigenvalue weighted by Crippen LogP contribution is 2.10. The van der Waals surface area contributed by atoms with E-state index in [1.807, 2.05) is 48.6 Å². The summed E-state index contributed by atoms with van der Waals surface area (Å²) in [6.07, 6.45) is 22.4. The van der Waals surface area contributed by atoms with Crippen molar-refractivity contribution in [2.45, 2.75) is 76.6 Å². The van der Waals surface area contributed by atoms with Crippen molar-refractivity contribution in [3.8, 4) is 0 Å². The van der Waals surface area contributed by atoms with E-state index in [-0.39, 0.29) is 13.0 Å². The standard InChI is InChI=1S/C25H40O7/c1-2-3-10-15-22(27)16-11-7-5-4-6-8-12-17-24(32-30)18-13-9-14-19-25(29)31-21-23(28)20-26/h3,5-8,10-12,16-17,22-24,26-28,30H,2,4,9,13-15,18-21H2,1H3/b7-5-,8-6-,10-3-,16-11+,17-12+. The van der Waals surface area contributed by atoms with Gasteiger partial charge in [0.25, 0.3) is 0 Å². The summed E-state index contributed by atoms with van der Waals surface area (Å²) in [5.74, 6) is -0.401. The highest BCUT2D eigenvalue weighted by Gasteiger charge is 2.08. The van der Waals surface area contributed by atoms with Gasteiger partial charge < -0.3 is 20.1 Å². The molecular weight excluding hydrogens is 412 g/mol. The summed E-state index contributed by atoms with van der Waals surface area (Å²) in [6.45, 7) is 1.43. The Hall–Kier alpha value is -2.03. The van der Waals surface area contributed by atoms with Crippen LogP contribution in [0.25, 0.3) is 0 Å². The lowest BCUT2D eigenvalue weighted by atomic mass is 10.1. The fourth-order valence-corrected chi connectivity index (χ4v) is 2.54. The molecule has 0 aliphatic heterocycles. The summed E-state index contributed by atoms with van der Waals surface area (Å²) in [5.41, 5.74) is 0. The Balaban J connectivity index is 3.91. The molecule has 0 saturated carbocycles. The monoisotopic (exact) mass is 452 g/mol. The van der Waals surface area contributed by atoms with Gasteiger partial charge in [-0.1, -0.05) is 80.5 Å². The van der Waals surface area contributed by atoms with Gasteiger partial charge in [-0.3, -0.25) is 10.1 Å². The smallest absolute Gasteiger partial charge is 0.305 e. The summed E-state index contributed by atoms with van der Waals surface area (Å²) in [6, 6.07) is 0. The number of unbranched alkanes of at least 4 members (excludes halogenated alkanes) is 2. The van der Waals surface area contributed by atoms with E-state index in [0.29, 0.717) is 19.3 Å². The summed E-state index contributed by atoms with van der Waals surface area (Å²) < 4.78 is 4.82. The maximum Gasteiger partial charge on any atom is 0.305 e. The summed E-state index contributed by atoms with van der Waals surface area (Å²) >= 11 is 0. The maximum atomic E-state index is 11.5. The van der Waals surface area contributed by atoms with Gasteiger partial charge in [0.15, 0.2) is 0 Å². The molecule has 0 fully saturated rings. The number of aliphatic hydroxyl groups excluding tert-OH is 3. The van der Waals surface area contributed by atoms with Crippen molar-refractivity contribution in [1.29, 1.82) is 0 Å². The Morgan fingerprint density at radius 2 is 1.66 bits per heavy atom. The van der Waals surface area contributed by atoms with Crippen molar-refractivity contribution >= 4 is 5.97 Å². The number of rotatable bonds is 19. The molecule has 0 heterocycles. The molecule has 0 radical (unpaired) electrons. The van der Waals surface area contributed by atoms with Gasteiger partial charge >= 0.3 is 5.97 Å². The minimum absolute atomic E-state index is 0.194. The predicted octanol–water partition coefficient (Wildman–Crippen LogP) is 4.02. The van der Waals surface area contributed by atoms with E-state index in [0.717, 1.165) is 25.7 Å². The van der Waals surface area contributed by atoms with Crippen molar-refractivity contribution in [2.75, 3.05) is 13.2 Å². The molecule has 0 aromatic heterocycles. The number of carbonyl (C=O) groups is 1. The van der Waals surface area contributed by atoms with Crippen LogP contribution in [0, 0.1) is 0 Å². The third-order valence-corrected chi connectivity index (χ3v) is 4.36. The molecular formula is C25H40O7. The number of carbonyl (C=O) groups excluding carboxylic acids is 1. The summed E-state index contributed by atoms with van der Waals surface area (Å²) in [4.78, 5) is 15.9. The quantitative estimate of drug-likeness (QED) is 0.0584. The topological polar surface area (TPSA) is 116 Å². The zero-order valence-electron chi connectivity index (χ0n) is 19.1. The van der Waals surface area contributed by atoms with Crippen LogP contribution in [0.5, 0.6) is 0 Å². The lowest BCUT2D eigenvalue weighted by Crippen LogP contribution is -2.21. The SMILES string of the molecule is CC/C=C\CC(O)/C=C/C=C\C/C=C\C=C\C(CCCCCC(=O)OCC(O)CO)OO. The third-order valence-electron chi connectivity index (χ3n) is 4.36. The molecule has 182 valence electrons. The molecule has 0 aromatic carbocycles. The molecule has 3 atom stereocenters. The first-order valence-electron chi connectivity index (χ1n) is 11.3. The van der Waals surface area contributed by atoms with Crippen molar-refractivity contribution in [2.24, 2.45) is 0 Å². The van der Waals surface area contributed by atoms with Gasteiger partial charge in [-0.25, -0.2) is 4.89 Å². The van der Waals surface area contributed by atoms with E-state index in [9.17, 15) is 9.90 Å². The van der Waals surface area contributed by atoms with E-state index < -0.39 is 30.9 Å². The summed E-state index contributed by atoms with van der Waals surface area (Å²) in [5, 5.41) is 36.5. The Labute approximate surface area is 192 Å². The van der Waals surface area contributed by atoms with Gasteiger partial charge in [0.2, 0.25) is 0 Å². The molecule has 0 rings (SSSR count). The Kier molecular flexibility index (Phi) is 20.8. The van der Waals surface area contributed by atoms with E-state index >= 15 is 0 Å². The van der Waals surface area contributed by atoms with E-state index in [4.69, 9.17) is 20.2 Å². The molecule has 0 bridgehead atoms. The maximum absolute atomic E-state index is 11.5. The third kappa shape index (κ3) is 19.9. The summed E-state index contributed by atoms with van der Waals surface area (Å²) in [7, 11) is 0. The second-order valence-electron chi connectivity index (χ2n) is 7.31. The molecule has 0 aliphatic carbocycles. The molecule has 0 amide bonds. The molecule has 32 heavy (non-hydrogen) atoms. The van der Waals surface area contributed by atoms with Crippen LogP contribution in [0.2, 0.25) is 0 Å². The highest BCUT2D eigenvalue weighted by atomic mass is 17.1. The van der Waals surface area contributed by atoms with Crippen LogP contribution < -0.4 is 0 Å². The van der Waals surface area contributed by atoms with Crippen LogP contribution in [0.1, 0.15) is 58.3 Å². The van der Waals surface area contributed by atoms with Gasteiger partial charge in [0.05, 0.1) is 12.7 Å². The van der Waals surface area contributed by atoms with Crippen LogP contribution in [0.15, 0.2) is 60.8 Å². The average Bonchev–Trinajstić information content (AvgIpc) is 2.79. The first-order valence-corrected chi connectivity index (χ1v) is 11.3. The normalized spacial score (nSPS) is 15.5. The number of hydrogen-bond donors (Lipinski definition) is 4. The second kappa shape index (κ2) is 22.2. The molecule has 7 nitrogen and oxygen atoms in total. The molecule has 3 unspecified atom stereocenters. The van der Waals surface area contributed by atoms with E-state index in [2.05, 4.69) is 11.8 Å². The van der Waals surface area contributed by atoms with Crippen LogP contribution in [-0.4, -0.2) is 58.1 Å². The number of ether oxygens (including phenoxy) is 1. The predicted molar refractivity (Wildman–Crippen MR) is 126 cm³/mol. The van der Waals surface area contributed by atoms with Gasteiger partial charge in [-0.2, -0.15) is 0 Å². The first kappa shape index (κ1) is 30.0. The Bertz CT molecular complexity index is 593. The zero-order valence-corrected chi connectivity index (χ0v) is 19.1. The van der Waals surface area contributed by atoms with Crippen molar-refractivity contribution in [3.05, 3.63) is 60.8 Å². The lowest BCUT2D eigenvalue weighted by Gasteiger charge is -2.09. The molecule has 0 saturated heterocycles. The van der Waals surface area contributed by atoms with E-state index in [1.165, 1.54) is 0 Å². The van der Waals surface area contributed by atoms with Gasteiger partial charge in [0.1, 0.15) is 18.8 Å². The average molecular weight is 453 g/mol. The minimum atomic E-state index is -1.04. The Morgan fingerprint density at radius 3 is 2.31 bits per heavy atom. The van der Waals surface area contributed by atoms with Gasteiger partial charge in [-0.05, 0) is 32.1 Å². The van der Waals surface area contributed by atoms with E-state index in [1.54, 1.807) is 12.2 Å². The van der Waals surface area contributed by atoms with Crippen molar-refractivity contribution in [1.82, 2.24) is 0 Å². The number of allylic oxidation sites excluding steroid dienone is 7. The van der Waals surface area contributed by atoms with Crippen LogP contribution in [0.4, 0.5) is 0 Å². The largest absolute Gasteiger partial charge is 0.463 e.